The fraction of sp³-hybridized carbons (Fsp3) is 0.353. The van der Waals surface area contributed by atoms with Crippen LogP contribution in [0.15, 0.2) is 48.8 Å². The molecule has 1 aliphatic heterocycles. The van der Waals surface area contributed by atoms with Crippen LogP contribution in [0, 0.1) is 0 Å². The first kappa shape index (κ1) is 14.0. The van der Waals surface area contributed by atoms with E-state index in [0.717, 1.165) is 32.7 Å². The molecule has 0 bridgehead atoms. The Morgan fingerprint density at radius 2 is 1.81 bits per heavy atom. The normalized spacial score (nSPS) is 16.1. The zero-order valence-corrected chi connectivity index (χ0v) is 12.3. The van der Waals surface area contributed by atoms with E-state index in [0.29, 0.717) is 6.54 Å². The van der Waals surface area contributed by atoms with Crippen LogP contribution in [0.4, 0.5) is 5.69 Å². The van der Waals surface area contributed by atoms with E-state index in [-0.39, 0.29) is 0 Å². The van der Waals surface area contributed by atoms with E-state index in [2.05, 4.69) is 45.1 Å². The Bertz CT molecular complexity index is 562. The number of anilines is 1. The highest BCUT2D eigenvalue weighted by atomic mass is 15.3. The number of para-hydroxylation sites is 1. The molecule has 4 heteroatoms. The molecule has 110 valence electrons. The molecule has 0 radical (unpaired) electrons. The van der Waals surface area contributed by atoms with Gasteiger partial charge in [0.15, 0.2) is 0 Å². The fourth-order valence-corrected chi connectivity index (χ4v) is 2.89. The minimum Gasteiger partial charge on any atom is -0.369 e. The van der Waals surface area contributed by atoms with Crippen molar-refractivity contribution in [3.63, 3.8) is 0 Å². The van der Waals surface area contributed by atoms with Gasteiger partial charge in [-0.2, -0.15) is 0 Å². The molecule has 0 atom stereocenters. The third kappa shape index (κ3) is 3.40. The number of nitrogens with zero attached hydrogens (tertiary/aromatic N) is 3. The van der Waals surface area contributed by atoms with Gasteiger partial charge in [0.2, 0.25) is 0 Å². The number of rotatable bonds is 4. The van der Waals surface area contributed by atoms with Crippen LogP contribution in [0.25, 0.3) is 0 Å². The molecule has 0 saturated carbocycles. The smallest absolute Gasteiger partial charge is 0.0412 e. The van der Waals surface area contributed by atoms with Crippen molar-refractivity contribution in [3.8, 4) is 0 Å². The monoisotopic (exact) mass is 282 g/mol. The van der Waals surface area contributed by atoms with Gasteiger partial charge in [-0.3, -0.25) is 9.88 Å². The van der Waals surface area contributed by atoms with Crippen molar-refractivity contribution in [2.75, 3.05) is 31.1 Å². The number of hydrogen-bond acceptors (Lipinski definition) is 4. The molecule has 4 nitrogen and oxygen atoms in total. The third-order valence-corrected chi connectivity index (χ3v) is 4.05. The van der Waals surface area contributed by atoms with Gasteiger partial charge >= 0.3 is 0 Å². The Labute approximate surface area is 126 Å². The first-order valence-corrected chi connectivity index (χ1v) is 7.51. The number of piperazine rings is 1. The molecule has 21 heavy (non-hydrogen) atoms. The summed E-state index contributed by atoms with van der Waals surface area (Å²) in [7, 11) is 0. The van der Waals surface area contributed by atoms with Gasteiger partial charge in [-0.25, -0.2) is 0 Å². The molecule has 2 heterocycles. The zero-order valence-electron chi connectivity index (χ0n) is 12.3. The van der Waals surface area contributed by atoms with Crippen LogP contribution >= 0.6 is 0 Å². The molecule has 1 aromatic carbocycles. The Hall–Kier alpha value is -1.91. The quantitative estimate of drug-likeness (QED) is 0.930. The van der Waals surface area contributed by atoms with E-state index in [4.69, 9.17) is 5.73 Å². The summed E-state index contributed by atoms with van der Waals surface area (Å²) in [5, 5.41) is 0. The second-order valence-electron chi connectivity index (χ2n) is 5.46. The molecule has 0 amide bonds. The molecular formula is C17H22N4. The molecule has 1 aromatic heterocycles. The maximum absolute atomic E-state index is 5.84. The minimum absolute atomic E-state index is 0.603. The van der Waals surface area contributed by atoms with Crippen LogP contribution < -0.4 is 10.6 Å². The SMILES string of the molecule is NCc1ccccc1N1CCN(Cc2cccnc2)CC1. The lowest BCUT2D eigenvalue weighted by Crippen LogP contribution is -2.46. The summed E-state index contributed by atoms with van der Waals surface area (Å²) < 4.78 is 0. The lowest BCUT2D eigenvalue weighted by atomic mass is 10.1. The van der Waals surface area contributed by atoms with Crippen molar-refractivity contribution < 1.29 is 0 Å². The van der Waals surface area contributed by atoms with Crippen molar-refractivity contribution >= 4 is 5.69 Å². The van der Waals surface area contributed by atoms with Crippen LogP contribution in [-0.2, 0) is 13.1 Å². The first-order chi connectivity index (χ1) is 10.4. The molecule has 1 aliphatic rings. The van der Waals surface area contributed by atoms with Crippen molar-refractivity contribution in [1.82, 2.24) is 9.88 Å². The molecule has 2 N–H and O–H groups in total. The van der Waals surface area contributed by atoms with Crippen molar-refractivity contribution in [3.05, 3.63) is 59.9 Å². The van der Waals surface area contributed by atoms with Crippen molar-refractivity contribution in [2.24, 2.45) is 5.73 Å². The van der Waals surface area contributed by atoms with Gasteiger partial charge in [0.05, 0.1) is 0 Å². The van der Waals surface area contributed by atoms with Gasteiger partial charge in [-0.05, 0) is 23.3 Å². The molecule has 2 aromatic rings. The third-order valence-electron chi connectivity index (χ3n) is 4.05. The van der Waals surface area contributed by atoms with Crippen LogP contribution in [0.3, 0.4) is 0 Å². The Morgan fingerprint density at radius 3 is 2.52 bits per heavy atom. The number of nitrogens with two attached hydrogens (primary N) is 1. The molecule has 0 unspecified atom stereocenters. The number of benzene rings is 1. The maximum atomic E-state index is 5.84. The molecule has 0 spiro atoms. The van der Waals surface area contributed by atoms with Gasteiger partial charge < -0.3 is 10.6 Å². The lowest BCUT2D eigenvalue weighted by Gasteiger charge is -2.37. The van der Waals surface area contributed by atoms with E-state index >= 15 is 0 Å². The summed E-state index contributed by atoms with van der Waals surface area (Å²) in [4.78, 5) is 9.12. The maximum Gasteiger partial charge on any atom is 0.0412 e. The second-order valence-corrected chi connectivity index (χ2v) is 5.46. The standard InChI is InChI=1S/C17H22N4/c18-12-16-5-1-2-6-17(16)21-10-8-20(9-11-21)14-15-4-3-7-19-13-15/h1-7,13H,8-12,14,18H2. The number of hydrogen-bond donors (Lipinski definition) is 1. The topological polar surface area (TPSA) is 45.4 Å². The van der Waals surface area contributed by atoms with Crippen LogP contribution in [0.1, 0.15) is 11.1 Å². The molecular weight excluding hydrogens is 260 g/mol. The van der Waals surface area contributed by atoms with Crippen LogP contribution in [-0.4, -0.2) is 36.1 Å². The molecule has 1 saturated heterocycles. The van der Waals surface area contributed by atoms with Crippen LogP contribution in [0.2, 0.25) is 0 Å². The predicted octanol–water partition coefficient (Wildman–Crippen LogP) is 1.86. The van der Waals surface area contributed by atoms with Gasteiger partial charge in [-0.15, -0.1) is 0 Å². The second kappa shape index (κ2) is 6.70. The molecule has 3 rings (SSSR count). The van der Waals surface area contributed by atoms with E-state index in [1.807, 2.05) is 18.5 Å². The number of pyridine rings is 1. The van der Waals surface area contributed by atoms with Crippen molar-refractivity contribution in [2.45, 2.75) is 13.1 Å². The Morgan fingerprint density at radius 1 is 1.00 bits per heavy atom. The van der Waals surface area contributed by atoms with E-state index < -0.39 is 0 Å². The summed E-state index contributed by atoms with van der Waals surface area (Å²) in [6.45, 7) is 5.85. The molecule has 1 fully saturated rings. The highest BCUT2D eigenvalue weighted by Crippen LogP contribution is 2.21. The zero-order chi connectivity index (χ0) is 14.5. The summed E-state index contributed by atoms with van der Waals surface area (Å²) in [6, 6.07) is 12.6. The summed E-state index contributed by atoms with van der Waals surface area (Å²) >= 11 is 0. The average molecular weight is 282 g/mol. The van der Waals surface area contributed by atoms with Gasteiger partial charge in [0.25, 0.3) is 0 Å². The lowest BCUT2D eigenvalue weighted by molar-refractivity contribution is 0.249. The van der Waals surface area contributed by atoms with E-state index in [1.165, 1.54) is 16.8 Å². The van der Waals surface area contributed by atoms with Gasteiger partial charge in [-0.1, -0.05) is 24.3 Å². The van der Waals surface area contributed by atoms with Gasteiger partial charge in [0, 0.05) is 57.3 Å². The van der Waals surface area contributed by atoms with Crippen LogP contribution in [0.5, 0.6) is 0 Å². The van der Waals surface area contributed by atoms with E-state index in [9.17, 15) is 0 Å². The van der Waals surface area contributed by atoms with Crippen molar-refractivity contribution in [1.29, 1.82) is 0 Å². The molecule has 0 aliphatic carbocycles. The Balaban J connectivity index is 1.60. The predicted molar refractivity (Wildman–Crippen MR) is 86.1 cm³/mol. The highest BCUT2D eigenvalue weighted by Gasteiger charge is 2.18. The largest absolute Gasteiger partial charge is 0.369 e. The Kier molecular flexibility index (Phi) is 4.48. The average Bonchev–Trinajstić information content (AvgIpc) is 2.56. The number of aromatic nitrogens is 1. The minimum atomic E-state index is 0.603. The summed E-state index contributed by atoms with van der Waals surface area (Å²) in [5.41, 5.74) is 9.66. The summed E-state index contributed by atoms with van der Waals surface area (Å²) in [6.07, 6.45) is 3.78. The fourth-order valence-electron chi connectivity index (χ4n) is 2.89. The van der Waals surface area contributed by atoms with Gasteiger partial charge in [0.1, 0.15) is 0 Å². The summed E-state index contributed by atoms with van der Waals surface area (Å²) in [5.74, 6) is 0. The highest BCUT2D eigenvalue weighted by molar-refractivity contribution is 5.54. The van der Waals surface area contributed by atoms with E-state index in [1.54, 1.807) is 0 Å². The first-order valence-electron chi connectivity index (χ1n) is 7.51.